The van der Waals surface area contributed by atoms with Crippen LogP contribution < -0.4 is 4.90 Å². The predicted molar refractivity (Wildman–Crippen MR) is 171 cm³/mol. The normalized spacial score (nSPS) is 13.4. The molecular weight excluding hydrogens is 482 g/mol. The third-order valence-corrected chi connectivity index (χ3v) is 8.77. The van der Waals surface area contributed by atoms with Crippen molar-refractivity contribution in [1.82, 2.24) is 0 Å². The van der Waals surface area contributed by atoms with E-state index in [4.69, 9.17) is 0 Å². The molecule has 0 N–H and O–H groups in total. The van der Waals surface area contributed by atoms with Crippen LogP contribution in [-0.4, -0.2) is 0 Å². The van der Waals surface area contributed by atoms with Gasteiger partial charge in [-0.2, -0.15) is 0 Å². The Morgan fingerprint density at radius 3 is 1.73 bits per heavy atom. The highest BCUT2D eigenvalue weighted by Gasteiger charge is 2.37. The maximum Gasteiger partial charge on any atom is 0.0468 e. The van der Waals surface area contributed by atoms with Crippen LogP contribution in [-0.2, 0) is 5.41 Å². The van der Waals surface area contributed by atoms with Crippen molar-refractivity contribution >= 4 is 49.4 Å². The van der Waals surface area contributed by atoms with E-state index < -0.39 is 0 Å². The van der Waals surface area contributed by atoms with Crippen molar-refractivity contribution in [3.8, 4) is 11.1 Å². The fourth-order valence-electron chi connectivity index (χ4n) is 6.97. The maximum atomic E-state index is 2.39. The van der Waals surface area contributed by atoms with Crippen LogP contribution in [0.2, 0.25) is 0 Å². The maximum absolute atomic E-state index is 2.39. The number of nitrogens with zero attached hydrogens (tertiary/aromatic N) is 1. The lowest BCUT2D eigenvalue weighted by atomic mass is 9.79. The molecule has 7 aromatic carbocycles. The molecular formula is C39H29N. The van der Waals surface area contributed by atoms with E-state index in [1.54, 1.807) is 0 Å². The summed E-state index contributed by atoms with van der Waals surface area (Å²) in [7, 11) is 0. The number of para-hydroxylation sites is 2. The van der Waals surface area contributed by atoms with Crippen molar-refractivity contribution in [1.29, 1.82) is 0 Å². The van der Waals surface area contributed by atoms with Crippen LogP contribution in [0.4, 0.5) is 17.1 Å². The highest BCUT2D eigenvalue weighted by atomic mass is 15.1. The highest BCUT2D eigenvalue weighted by Crippen LogP contribution is 2.53. The van der Waals surface area contributed by atoms with E-state index >= 15 is 0 Å². The zero-order chi connectivity index (χ0) is 26.8. The summed E-state index contributed by atoms with van der Waals surface area (Å²) in [6.45, 7) is 4.77. The number of fused-ring (bicyclic) bond motifs is 9. The first-order valence-electron chi connectivity index (χ1n) is 14.0. The Labute approximate surface area is 234 Å². The van der Waals surface area contributed by atoms with E-state index in [1.807, 2.05) is 0 Å². The molecule has 1 nitrogen and oxygen atoms in total. The van der Waals surface area contributed by atoms with Gasteiger partial charge in [0.25, 0.3) is 0 Å². The quantitative estimate of drug-likeness (QED) is 0.213. The molecule has 0 aliphatic heterocycles. The summed E-state index contributed by atoms with van der Waals surface area (Å²) < 4.78 is 0. The molecule has 0 radical (unpaired) electrons. The van der Waals surface area contributed by atoms with Gasteiger partial charge in [-0.25, -0.2) is 0 Å². The zero-order valence-corrected chi connectivity index (χ0v) is 22.7. The van der Waals surface area contributed by atoms with Crippen LogP contribution in [0.25, 0.3) is 43.4 Å². The molecule has 0 saturated carbocycles. The second-order valence-corrected chi connectivity index (χ2v) is 11.4. The van der Waals surface area contributed by atoms with Gasteiger partial charge in [-0.3, -0.25) is 0 Å². The third-order valence-electron chi connectivity index (χ3n) is 8.77. The molecule has 0 unspecified atom stereocenters. The number of rotatable bonds is 3. The summed E-state index contributed by atoms with van der Waals surface area (Å²) in [6, 6.07) is 50.9. The van der Waals surface area contributed by atoms with Crippen molar-refractivity contribution in [3.63, 3.8) is 0 Å². The van der Waals surface area contributed by atoms with Crippen LogP contribution in [0.3, 0.4) is 0 Å². The Hall–Kier alpha value is -4.88. The van der Waals surface area contributed by atoms with Crippen LogP contribution in [0.15, 0.2) is 140 Å². The minimum Gasteiger partial charge on any atom is -0.310 e. The molecule has 1 heteroatoms. The number of hydrogen-bond donors (Lipinski definition) is 0. The average molecular weight is 512 g/mol. The molecule has 0 amide bonds. The summed E-state index contributed by atoms with van der Waals surface area (Å²) >= 11 is 0. The minimum absolute atomic E-state index is 0.0702. The summed E-state index contributed by atoms with van der Waals surface area (Å²) in [5.74, 6) is 0. The van der Waals surface area contributed by atoms with Crippen molar-refractivity contribution in [2.75, 3.05) is 4.90 Å². The number of benzene rings is 7. The molecule has 0 bridgehead atoms. The van der Waals surface area contributed by atoms with Crippen molar-refractivity contribution < 1.29 is 0 Å². The Kier molecular flexibility index (Phi) is 4.93. The topological polar surface area (TPSA) is 3.24 Å². The van der Waals surface area contributed by atoms with Gasteiger partial charge >= 0.3 is 0 Å². The zero-order valence-electron chi connectivity index (χ0n) is 22.7. The molecule has 0 fully saturated rings. The molecule has 190 valence electrons. The van der Waals surface area contributed by atoms with E-state index in [9.17, 15) is 0 Å². The van der Waals surface area contributed by atoms with Crippen molar-refractivity contribution in [2.24, 2.45) is 0 Å². The van der Waals surface area contributed by atoms with Gasteiger partial charge in [0, 0.05) is 22.5 Å². The second kappa shape index (κ2) is 8.56. The van der Waals surface area contributed by atoms with Crippen LogP contribution in [0.1, 0.15) is 25.0 Å². The molecule has 1 aliphatic carbocycles. The van der Waals surface area contributed by atoms with E-state index in [0.29, 0.717) is 0 Å². The first-order valence-corrected chi connectivity index (χ1v) is 14.0. The smallest absolute Gasteiger partial charge is 0.0468 e. The Morgan fingerprint density at radius 2 is 1.02 bits per heavy atom. The first kappa shape index (κ1) is 23.0. The summed E-state index contributed by atoms with van der Waals surface area (Å²) in [5, 5.41) is 7.88. The fraction of sp³-hybridized carbons (Fsp3) is 0.0769. The largest absolute Gasteiger partial charge is 0.310 e. The standard InChI is InChI=1S/C39H29N/c1-39(2)35-16-10-9-15-33(35)34-23-21-27-18-17-26-19-20-28-25-31(22-24-32(28)36(26)37(27)38(34)39)40(29-11-5-3-6-12-29)30-13-7-4-8-14-30/h3-25H,1-2H3. The van der Waals surface area contributed by atoms with Gasteiger partial charge in [-0.05, 0) is 91.0 Å². The van der Waals surface area contributed by atoms with E-state index in [1.165, 1.54) is 54.6 Å². The Balaban J connectivity index is 1.42. The van der Waals surface area contributed by atoms with Gasteiger partial charge in [0.1, 0.15) is 0 Å². The van der Waals surface area contributed by atoms with Crippen LogP contribution >= 0.6 is 0 Å². The SMILES string of the molecule is CC1(C)c2ccccc2-c2ccc3ccc4ccc5cc(N(c6ccccc6)c6ccccc6)ccc5c4c3c21. The lowest BCUT2D eigenvalue weighted by Gasteiger charge is -2.26. The Bertz CT molecular complexity index is 2030. The van der Waals surface area contributed by atoms with Gasteiger partial charge in [-0.15, -0.1) is 0 Å². The molecule has 1 aliphatic rings. The molecule has 0 heterocycles. The second-order valence-electron chi connectivity index (χ2n) is 11.4. The first-order chi connectivity index (χ1) is 19.6. The summed E-state index contributed by atoms with van der Waals surface area (Å²) in [4.78, 5) is 2.34. The minimum atomic E-state index is -0.0702. The van der Waals surface area contributed by atoms with E-state index in [-0.39, 0.29) is 5.41 Å². The van der Waals surface area contributed by atoms with E-state index in [0.717, 1.165) is 17.1 Å². The molecule has 7 aromatic rings. The molecule has 0 atom stereocenters. The van der Waals surface area contributed by atoms with Gasteiger partial charge < -0.3 is 4.90 Å². The molecule has 8 rings (SSSR count). The van der Waals surface area contributed by atoms with Gasteiger partial charge in [0.15, 0.2) is 0 Å². The van der Waals surface area contributed by atoms with Gasteiger partial charge in [0.2, 0.25) is 0 Å². The summed E-state index contributed by atoms with van der Waals surface area (Å²) in [5.41, 5.74) is 8.98. The highest BCUT2D eigenvalue weighted by molar-refractivity contribution is 6.23. The molecule has 0 aromatic heterocycles. The summed E-state index contributed by atoms with van der Waals surface area (Å²) in [6.07, 6.45) is 0. The lowest BCUT2D eigenvalue weighted by molar-refractivity contribution is 0.666. The average Bonchev–Trinajstić information content (AvgIpc) is 3.24. The van der Waals surface area contributed by atoms with Crippen LogP contribution in [0.5, 0.6) is 0 Å². The third kappa shape index (κ3) is 3.28. The predicted octanol–water partition coefficient (Wildman–Crippen LogP) is 10.9. The molecule has 0 saturated heterocycles. The van der Waals surface area contributed by atoms with Gasteiger partial charge in [-0.1, -0.05) is 117 Å². The van der Waals surface area contributed by atoms with Crippen LogP contribution in [0, 0.1) is 0 Å². The monoisotopic (exact) mass is 511 g/mol. The van der Waals surface area contributed by atoms with Gasteiger partial charge in [0.05, 0.1) is 0 Å². The molecule has 40 heavy (non-hydrogen) atoms. The number of anilines is 3. The Morgan fingerprint density at radius 1 is 0.450 bits per heavy atom. The van der Waals surface area contributed by atoms with E-state index in [2.05, 4.69) is 158 Å². The lowest BCUT2D eigenvalue weighted by Crippen LogP contribution is -2.15. The number of hydrogen-bond acceptors (Lipinski definition) is 1. The van der Waals surface area contributed by atoms with Crippen molar-refractivity contribution in [2.45, 2.75) is 19.3 Å². The van der Waals surface area contributed by atoms with Crippen molar-refractivity contribution in [3.05, 3.63) is 151 Å². The fourth-order valence-corrected chi connectivity index (χ4v) is 6.97. The molecule has 0 spiro atoms.